The highest BCUT2D eigenvalue weighted by molar-refractivity contribution is 6.00. The van der Waals surface area contributed by atoms with Crippen LogP contribution < -0.4 is 75.7 Å². The average molecular weight is 1430 g/mol. The molecule has 0 aliphatic heterocycles. The van der Waals surface area contributed by atoms with Crippen LogP contribution in [-0.4, -0.2) is 240 Å². The molecule has 3 aromatic rings. The predicted molar refractivity (Wildman–Crippen MR) is 354 cm³/mol. The molecule has 0 aliphatic rings. The van der Waals surface area contributed by atoms with E-state index in [9.17, 15) is 113 Å². The highest BCUT2D eigenvalue weighted by Gasteiger charge is 2.39. The number of carboxylic acid groups (broad SMARTS) is 2. The lowest BCUT2D eigenvalue weighted by molar-refractivity contribution is -0.142. The lowest BCUT2D eigenvalue weighted by atomic mass is 10.00. The Balaban J connectivity index is 1.95. The minimum Gasteiger partial charge on any atom is -0.508 e. The Morgan fingerprint density at radius 1 is 0.386 bits per heavy atom. The van der Waals surface area contributed by atoms with Gasteiger partial charge in [-0.05, 0) is 92.9 Å². The van der Waals surface area contributed by atoms with Gasteiger partial charge >= 0.3 is 11.9 Å². The summed E-state index contributed by atoms with van der Waals surface area (Å²) in [4.78, 5) is 189. The molecule has 556 valence electrons. The number of carboxylic acids is 2. The number of aromatic hydroxyl groups is 2. The first-order valence-electron chi connectivity index (χ1n) is 31.9. The number of unbranched alkanes of at least 4 members (excludes halogenated alkanes) is 1. The Hall–Kier alpha value is -10.4. The van der Waals surface area contributed by atoms with E-state index in [1.165, 1.54) is 55.5 Å². The van der Waals surface area contributed by atoms with Crippen LogP contribution in [0, 0.1) is 5.92 Å². The smallest absolute Gasteiger partial charge is 0.305 e. The zero-order valence-electron chi connectivity index (χ0n) is 55.8. The van der Waals surface area contributed by atoms with Gasteiger partial charge in [0.05, 0.1) is 44.9 Å². The van der Waals surface area contributed by atoms with E-state index in [1.54, 1.807) is 44.2 Å². The van der Waals surface area contributed by atoms with Crippen molar-refractivity contribution in [1.29, 1.82) is 0 Å². The summed E-state index contributed by atoms with van der Waals surface area (Å²) >= 11 is 0. The van der Waals surface area contributed by atoms with Gasteiger partial charge in [-0.15, -0.1) is 0 Å². The Morgan fingerprint density at radius 3 is 1.10 bits per heavy atom. The third-order valence-electron chi connectivity index (χ3n) is 15.2. The first-order chi connectivity index (χ1) is 47.6. The fraction of sp³-hybridized carbons (Fsp3) is 0.500. The molecule has 26 N–H and O–H groups in total. The third kappa shape index (κ3) is 29.5. The fourth-order valence-corrected chi connectivity index (χ4v) is 9.63. The van der Waals surface area contributed by atoms with Crippen LogP contribution in [0.5, 0.6) is 11.5 Å². The van der Waals surface area contributed by atoms with Crippen molar-refractivity contribution < 1.29 is 113 Å². The quantitative estimate of drug-likeness (QED) is 0.0234. The Kier molecular flexibility index (Phi) is 35.7. The van der Waals surface area contributed by atoms with Crippen molar-refractivity contribution in [2.75, 3.05) is 26.4 Å². The second-order valence-electron chi connectivity index (χ2n) is 24.1. The number of aliphatic hydroxyl groups is 5. The molecule has 0 fully saturated rings. The van der Waals surface area contributed by atoms with E-state index in [0.29, 0.717) is 11.1 Å². The zero-order chi connectivity index (χ0) is 75.8. The number of aliphatic carboxylic acids is 2. The van der Waals surface area contributed by atoms with E-state index in [0.717, 1.165) is 6.92 Å². The van der Waals surface area contributed by atoms with Crippen LogP contribution in [0.25, 0.3) is 0 Å². The van der Waals surface area contributed by atoms with Crippen molar-refractivity contribution in [2.45, 2.75) is 170 Å². The number of amides is 12. The number of primary amides is 1. The van der Waals surface area contributed by atoms with Crippen molar-refractivity contribution in [3.63, 3.8) is 0 Å². The number of phenolic OH excluding ortho intramolecular Hbond substituents is 2. The first kappa shape index (κ1) is 84.8. The molecule has 12 amide bonds. The van der Waals surface area contributed by atoms with Crippen molar-refractivity contribution >= 4 is 82.8 Å². The molecule has 0 radical (unpaired) electrons. The minimum atomic E-state index is -2.15. The molecule has 0 unspecified atom stereocenters. The Labute approximate surface area is 579 Å². The van der Waals surface area contributed by atoms with Gasteiger partial charge in [0.2, 0.25) is 70.9 Å². The van der Waals surface area contributed by atoms with Crippen molar-refractivity contribution in [2.24, 2.45) is 23.1 Å². The van der Waals surface area contributed by atoms with E-state index in [-0.39, 0.29) is 62.1 Å². The molecule has 0 aliphatic carbocycles. The summed E-state index contributed by atoms with van der Waals surface area (Å²) in [7, 11) is 0. The summed E-state index contributed by atoms with van der Waals surface area (Å²) in [5.74, 6) is -18.5. The molecule has 101 heavy (non-hydrogen) atoms. The number of benzene rings is 3. The van der Waals surface area contributed by atoms with Gasteiger partial charge in [-0.3, -0.25) is 67.1 Å². The summed E-state index contributed by atoms with van der Waals surface area (Å²) in [6, 6.07) is -2.94. The van der Waals surface area contributed by atoms with Gasteiger partial charge in [0.15, 0.2) is 0 Å². The van der Waals surface area contributed by atoms with Crippen molar-refractivity contribution in [3.05, 3.63) is 95.6 Å². The number of rotatable bonds is 44. The molecule has 3 aromatic carbocycles. The molecule has 14 atom stereocenters. The van der Waals surface area contributed by atoms with Gasteiger partial charge in [0.1, 0.15) is 84.0 Å². The maximum atomic E-state index is 14.5. The SMILES string of the molecule is CC(C)C[C@H](NC(=O)[C@H](Cc1ccc(O)cc1)NC(=O)[C@H](CCCCN)NC(=O)[C@H](CO)NC(=O)[C@H](Cc1ccc(O)cc1)NC(=O)[C@H](CC(=O)O)NC(=O)[C@H](CO)NC(=O)[C@@H](NC(=O)[C@H](Cc1ccccc1)NC(=O)[C@@H](N)[C@@H](C)O)[C@@H](C)O)C(=O)N[C@@H](CC(=O)O)C(=O)N[C@@H](CO)C(N)=O. The van der Waals surface area contributed by atoms with E-state index in [2.05, 4.69) is 53.2 Å². The molecule has 37 heteroatoms. The molecule has 3 rings (SSSR count). The third-order valence-corrected chi connectivity index (χ3v) is 15.2. The molecular weight excluding hydrogens is 1330 g/mol. The van der Waals surface area contributed by atoms with Crippen LogP contribution in [0.2, 0.25) is 0 Å². The monoisotopic (exact) mass is 1420 g/mol. The summed E-state index contributed by atoms with van der Waals surface area (Å²) < 4.78 is 0. The summed E-state index contributed by atoms with van der Waals surface area (Å²) in [5, 5.41) is 116. The lowest BCUT2D eigenvalue weighted by Gasteiger charge is -2.28. The number of phenols is 2. The molecule has 0 saturated heterocycles. The molecular formula is C64H92N14O23. The number of hydrogen-bond acceptors (Lipinski definition) is 23. The molecule has 0 spiro atoms. The number of nitrogens with one attached hydrogen (secondary N) is 11. The molecule has 0 heterocycles. The summed E-state index contributed by atoms with van der Waals surface area (Å²) in [6.07, 6.45) is -6.48. The maximum Gasteiger partial charge on any atom is 0.305 e. The van der Waals surface area contributed by atoms with Crippen molar-refractivity contribution in [3.8, 4) is 11.5 Å². The topological polar surface area (TPSA) is 631 Å². The molecule has 0 aromatic heterocycles. The number of hydrogen-bond donors (Lipinski definition) is 23. The largest absolute Gasteiger partial charge is 0.508 e. The normalized spacial score (nSPS) is 15.3. The summed E-state index contributed by atoms with van der Waals surface area (Å²) in [6.45, 7) is 2.22. The van der Waals surface area contributed by atoms with Gasteiger partial charge in [0, 0.05) is 19.3 Å². The second kappa shape index (κ2) is 42.5. The van der Waals surface area contributed by atoms with Gasteiger partial charge in [-0.2, -0.15) is 0 Å². The summed E-state index contributed by atoms with van der Waals surface area (Å²) in [5.41, 5.74) is 17.8. The van der Waals surface area contributed by atoms with E-state index < -0.39 is 213 Å². The van der Waals surface area contributed by atoms with Gasteiger partial charge in [-0.1, -0.05) is 68.4 Å². The van der Waals surface area contributed by atoms with Crippen LogP contribution in [0.15, 0.2) is 78.9 Å². The number of aliphatic hydroxyl groups excluding tert-OH is 5. The Bertz CT molecular complexity index is 3310. The van der Waals surface area contributed by atoms with E-state index in [4.69, 9.17) is 17.2 Å². The van der Waals surface area contributed by atoms with E-state index >= 15 is 0 Å². The molecule has 0 saturated carbocycles. The standard InChI is InChI=1S/C64H92N14O23/c1-31(2)22-40(55(92)72-45(27-50(88)89)59(96)75-46(28-79)53(67)90)69-56(93)41(24-35-13-17-37(84)18-14-35)70-54(91)39(12-8-9-21-65)68-61(98)47(29-80)76-57(94)42(25-36-15-19-38(85)20-16-36)71-58(95)44(26-49(86)87)73-62(99)48(30-81)77-64(101)52(33(4)83)78-60(97)43(23-34-10-6-5-7-11-34)74-63(100)51(66)32(3)82/h5-7,10-11,13-20,31-33,39-48,51-52,79-85H,8-9,12,21-30,65-66H2,1-4H3,(H2,67,90)(H,68,98)(H,69,93)(H,70,91)(H,71,95)(H,72,92)(H,73,99)(H,74,100)(H,75,96)(H,76,94)(H,77,101)(H,78,97)(H,86,87)(H,88,89)/t32-,33-,39+,40+,41+,42+,43+,44+,45+,46+,47+,48+,51+,52+/m1/s1. The lowest BCUT2D eigenvalue weighted by Crippen LogP contribution is -2.63. The van der Waals surface area contributed by atoms with Crippen molar-refractivity contribution in [1.82, 2.24) is 58.5 Å². The Morgan fingerprint density at radius 2 is 0.713 bits per heavy atom. The van der Waals surface area contributed by atoms with Crippen LogP contribution in [0.3, 0.4) is 0 Å². The molecule has 37 nitrogen and oxygen atoms in total. The maximum absolute atomic E-state index is 14.5. The minimum absolute atomic E-state index is 0.0881. The van der Waals surface area contributed by atoms with E-state index in [1.807, 2.05) is 5.32 Å². The highest BCUT2D eigenvalue weighted by Crippen LogP contribution is 2.16. The van der Waals surface area contributed by atoms with Crippen LogP contribution >= 0.6 is 0 Å². The second-order valence-corrected chi connectivity index (χ2v) is 24.1. The van der Waals surface area contributed by atoms with Crippen LogP contribution in [0.1, 0.15) is 82.9 Å². The van der Waals surface area contributed by atoms with Crippen LogP contribution in [-0.2, 0) is 86.4 Å². The molecule has 0 bridgehead atoms. The average Bonchev–Trinajstić information content (AvgIpc) is 0.861. The fourth-order valence-electron chi connectivity index (χ4n) is 9.63. The highest BCUT2D eigenvalue weighted by atomic mass is 16.4. The first-order valence-corrected chi connectivity index (χ1v) is 31.9. The predicted octanol–water partition coefficient (Wildman–Crippen LogP) is -7.87. The van der Waals surface area contributed by atoms with Gasteiger partial charge < -0.3 is 122 Å². The number of nitrogens with two attached hydrogens (primary N) is 3. The van der Waals surface area contributed by atoms with Gasteiger partial charge in [0.25, 0.3) is 0 Å². The zero-order valence-corrected chi connectivity index (χ0v) is 55.8. The van der Waals surface area contributed by atoms with Crippen LogP contribution in [0.4, 0.5) is 0 Å². The number of carbonyl (C=O) groups is 14. The number of carbonyl (C=O) groups excluding carboxylic acids is 12. The van der Waals surface area contributed by atoms with Gasteiger partial charge in [-0.25, -0.2) is 0 Å².